The summed E-state index contributed by atoms with van der Waals surface area (Å²) in [5, 5.41) is 0. The third-order valence-electron chi connectivity index (χ3n) is 3.69. The summed E-state index contributed by atoms with van der Waals surface area (Å²) < 4.78 is 29.8. The van der Waals surface area contributed by atoms with Gasteiger partial charge in [0.1, 0.15) is 5.82 Å². The van der Waals surface area contributed by atoms with E-state index in [4.69, 9.17) is 5.73 Å². The number of benzene rings is 1. The van der Waals surface area contributed by atoms with Gasteiger partial charge in [-0.15, -0.1) is 0 Å². The highest BCUT2D eigenvalue weighted by atomic mass is 79.9. The highest BCUT2D eigenvalue weighted by molar-refractivity contribution is 9.10. The van der Waals surface area contributed by atoms with Gasteiger partial charge in [-0.05, 0) is 24.6 Å². The van der Waals surface area contributed by atoms with Crippen molar-refractivity contribution >= 4 is 31.6 Å². The number of nitrogen functional groups attached to an aromatic ring is 1. The smallest absolute Gasteiger partial charge is 0.243 e. The largest absolute Gasteiger partial charge is 0.398 e. The number of nitrogens with two attached hydrogens (primary N) is 1. The lowest BCUT2D eigenvalue weighted by atomic mass is 10.2. The maximum atomic E-state index is 12.9. The minimum Gasteiger partial charge on any atom is -0.398 e. The Kier molecular flexibility index (Phi) is 3.54. The molecule has 1 aromatic heterocycles. The number of hydrogen-bond donors (Lipinski definition) is 1. The van der Waals surface area contributed by atoms with Crippen LogP contribution in [0.1, 0.15) is 11.4 Å². The van der Waals surface area contributed by atoms with Crippen LogP contribution in [0.15, 0.2) is 33.9 Å². The molecular weight excluding hydrogens is 356 g/mol. The first-order valence-electron chi connectivity index (χ1n) is 6.45. The van der Waals surface area contributed by atoms with E-state index in [9.17, 15) is 8.42 Å². The van der Waals surface area contributed by atoms with Crippen molar-refractivity contribution in [1.29, 1.82) is 0 Å². The lowest BCUT2D eigenvalue weighted by Crippen LogP contribution is -2.38. The summed E-state index contributed by atoms with van der Waals surface area (Å²) in [4.78, 5) is 4.44. The SMILES string of the molecule is Cc1c(N)cc(Br)cc1S(=O)(=O)N1CCn2ccnc2C1. The van der Waals surface area contributed by atoms with Gasteiger partial charge in [-0.1, -0.05) is 15.9 Å². The Morgan fingerprint density at radius 2 is 2.10 bits per heavy atom. The molecule has 8 heteroatoms. The predicted molar refractivity (Wildman–Crippen MR) is 83.1 cm³/mol. The zero-order valence-corrected chi connectivity index (χ0v) is 13.9. The average Bonchev–Trinajstić information content (AvgIpc) is 2.89. The van der Waals surface area contributed by atoms with E-state index in [2.05, 4.69) is 20.9 Å². The summed E-state index contributed by atoms with van der Waals surface area (Å²) in [7, 11) is -3.59. The second kappa shape index (κ2) is 5.11. The molecule has 1 aliphatic heterocycles. The molecule has 0 aliphatic carbocycles. The number of fused-ring (bicyclic) bond motifs is 1. The second-order valence-corrected chi connectivity index (χ2v) is 7.82. The van der Waals surface area contributed by atoms with Gasteiger partial charge in [-0.3, -0.25) is 0 Å². The molecule has 0 saturated heterocycles. The maximum absolute atomic E-state index is 12.9. The third-order valence-corrected chi connectivity index (χ3v) is 6.12. The molecule has 3 rings (SSSR count). The molecular formula is C13H15BrN4O2S. The van der Waals surface area contributed by atoms with E-state index in [1.807, 2.05) is 10.8 Å². The van der Waals surface area contributed by atoms with E-state index in [0.29, 0.717) is 28.8 Å². The highest BCUT2D eigenvalue weighted by Gasteiger charge is 2.30. The van der Waals surface area contributed by atoms with Crippen LogP contribution < -0.4 is 5.73 Å². The molecule has 0 atom stereocenters. The molecule has 0 spiro atoms. The summed E-state index contributed by atoms with van der Waals surface area (Å²) in [6, 6.07) is 3.30. The van der Waals surface area contributed by atoms with Crippen molar-refractivity contribution in [2.45, 2.75) is 24.9 Å². The fourth-order valence-corrected chi connectivity index (χ4v) is 4.73. The lowest BCUT2D eigenvalue weighted by molar-refractivity contribution is 0.335. The Morgan fingerprint density at radius 1 is 1.33 bits per heavy atom. The molecule has 0 fully saturated rings. The molecule has 2 aromatic rings. The van der Waals surface area contributed by atoms with Gasteiger partial charge in [0.05, 0.1) is 11.4 Å². The predicted octanol–water partition coefficient (Wildman–Crippen LogP) is 1.74. The normalized spacial score (nSPS) is 15.9. The van der Waals surface area contributed by atoms with Crippen LogP contribution in [-0.2, 0) is 23.1 Å². The number of imidazole rings is 1. The molecule has 1 aromatic carbocycles. The van der Waals surface area contributed by atoms with Gasteiger partial charge in [0.25, 0.3) is 0 Å². The van der Waals surface area contributed by atoms with Gasteiger partial charge in [0, 0.05) is 35.6 Å². The zero-order valence-electron chi connectivity index (χ0n) is 11.5. The standard InChI is InChI=1S/C13H15BrN4O2S/c1-9-11(15)6-10(14)7-12(9)21(19,20)18-5-4-17-3-2-16-13(17)8-18/h2-3,6-7H,4-5,8,15H2,1H3. The van der Waals surface area contributed by atoms with E-state index in [0.717, 1.165) is 5.82 Å². The number of sulfonamides is 1. The summed E-state index contributed by atoms with van der Waals surface area (Å²) in [5.74, 6) is 0.755. The molecule has 0 amide bonds. The Bertz CT molecular complexity index is 800. The zero-order chi connectivity index (χ0) is 15.2. The molecule has 2 heterocycles. The topological polar surface area (TPSA) is 81.2 Å². The summed E-state index contributed by atoms with van der Waals surface area (Å²) in [6.07, 6.45) is 3.55. The van der Waals surface area contributed by atoms with Crippen molar-refractivity contribution in [2.24, 2.45) is 0 Å². The Morgan fingerprint density at radius 3 is 2.86 bits per heavy atom. The van der Waals surface area contributed by atoms with Crippen LogP contribution in [0, 0.1) is 6.92 Å². The number of rotatable bonds is 2. The van der Waals surface area contributed by atoms with E-state index < -0.39 is 10.0 Å². The van der Waals surface area contributed by atoms with Crippen molar-refractivity contribution in [2.75, 3.05) is 12.3 Å². The maximum Gasteiger partial charge on any atom is 0.243 e. The van der Waals surface area contributed by atoms with Crippen LogP contribution in [0.2, 0.25) is 0 Å². The summed E-state index contributed by atoms with van der Waals surface area (Å²) in [6.45, 7) is 3.04. The van der Waals surface area contributed by atoms with Crippen LogP contribution >= 0.6 is 15.9 Å². The van der Waals surface area contributed by atoms with Crippen molar-refractivity contribution < 1.29 is 8.42 Å². The van der Waals surface area contributed by atoms with Crippen LogP contribution in [0.4, 0.5) is 5.69 Å². The first-order valence-corrected chi connectivity index (χ1v) is 8.68. The van der Waals surface area contributed by atoms with Crippen LogP contribution in [0.25, 0.3) is 0 Å². The molecule has 6 nitrogen and oxygen atoms in total. The minimum absolute atomic E-state index is 0.245. The van der Waals surface area contributed by atoms with E-state index in [1.165, 1.54) is 4.31 Å². The summed E-state index contributed by atoms with van der Waals surface area (Å²) in [5.41, 5.74) is 6.91. The Hall–Kier alpha value is -1.38. The van der Waals surface area contributed by atoms with Crippen LogP contribution in [0.5, 0.6) is 0 Å². The van der Waals surface area contributed by atoms with Crippen molar-refractivity contribution in [3.63, 3.8) is 0 Å². The monoisotopic (exact) mass is 370 g/mol. The summed E-state index contributed by atoms with van der Waals surface area (Å²) >= 11 is 3.30. The molecule has 0 bridgehead atoms. The van der Waals surface area contributed by atoms with Crippen molar-refractivity contribution in [3.8, 4) is 0 Å². The number of nitrogens with zero attached hydrogens (tertiary/aromatic N) is 3. The lowest BCUT2D eigenvalue weighted by Gasteiger charge is -2.27. The molecule has 112 valence electrons. The highest BCUT2D eigenvalue weighted by Crippen LogP contribution is 2.29. The third kappa shape index (κ3) is 2.47. The molecule has 0 unspecified atom stereocenters. The van der Waals surface area contributed by atoms with Gasteiger partial charge in [-0.25, -0.2) is 13.4 Å². The Labute approximate surface area is 131 Å². The van der Waals surface area contributed by atoms with Gasteiger partial charge in [-0.2, -0.15) is 4.31 Å². The molecule has 1 aliphatic rings. The molecule has 0 saturated carbocycles. The van der Waals surface area contributed by atoms with Gasteiger partial charge in [0.2, 0.25) is 10.0 Å². The van der Waals surface area contributed by atoms with Gasteiger partial charge < -0.3 is 10.3 Å². The molecule has 21 heavy (non-hydrogen) atoms. The van der Waals surface area contributed by atoms with Crippen molar-refractivity contribution in [3.05, 3.63) is 40.4 Å². The Balaban J connectivity index is 2.03. The molecule has 0 radical (unpaired) electrons. The van der Waals surface area contributed by atoms with Gasteiger partial charge in [0.15, 0.2) is 0 Å². The fourth-order valence-electron chi connectivity index (χ4n) is 2.44. The molecule has 2 N–H and O–H groups in total. The first-order chi connectivity index (χ1) is 9.89. The number of anilines is 1. The second-order valence-electron chi connectivity index (χ2n) is 4.99. The average molecular weight is 371 g/mol. The number of halogens is 1. The quantitative estimate of drug-likeness (QED) is 0.816. The number of aromatic nitrogens is 2. The minimum atomic E-state index is -3.59. The fraction of sp³-hybridized carbons (Fsp3) is 0.308. The van der Waals surface area contributed by atoms with Crippen molar-refractivity contribution in [1.82, 2.24) is 13.9 Å². The first kappa shape index (κ1) is 14.6. The van der Waals surface area contributed by atoms with E-state index in [1.54, 1.807) is 25.3 Å². The van der Waals surface area contributed by atoms with E-state index in [-0.39, 0.29) is 11.4 Å². The van der Waals surface area contributed by atoms with Crippen LogP contribution in [-0.4, -0.2) is 28.8 Å². The van der Waals surface area contributed by atoms with E-state index >= 15 is 0 Å². The number of hydrogen-bond acceptors (Lipinski definition) is 4. The van der Waals surface area contributed by atoms with Gasteiger partial charge >= 0.3 is 0 Å². The van der Waals surface area contributed by atoms with Crippen LogP contribution in [0.3, 0.4) is 0 Å².